The first kappa shape index (κ1) is 21.1. The van der Waals surface area contributed by atoms with Crippen LogP contribution >= 0.6 is 0 Å². The zero-order valence-electron chi connectivity index (χ0n) is 19.6. The summed E-state index contributed by atoms with van der Waals surface area (Å²) < 4.78 is 13.8. The summed E-state index contributed by atoms with van der Waals surface area (Å²) in [6.45, 7) is 1.30. The third-order valence-electron chi connectivity index (χ3n) is 7.82. The lowest BCUT2D eigenvalue weighted by atomic mass is 9.89. The summed E-state index contributed by atoms with van der Waals surface area (Å²) >= 11 is 0. The van der Waals surface area contributed by atoms with Gasteiger partial charge in [-0.25, -0.2) is 9.50 Å². The Morgan fingerprint density at radius 3 is 2.67 bits per heavy atom. The largest absolute Gasteiger partial charge is 0.444 e. The number of rotatable bonds is 3. The predicted octanol–water partition coefficient (Wildman–Crippen LogP) is 3.92. The molecule has 3 aromatic heterocycles. The van der Waals surface area contributed by atoms with E-state index in [1.54, 1.807) is 23.0 Å². The second kappa shape index (κ2) is 7.93. The van der Waals surface area contributed by atoms with Crippen LogP contribution in [-0.2, 0) is 9.53 Å². The number of piperidine rings is 1. The highest BCUT2D eigenvalue weighted by molar-refractivity contribution is 5.88. The third kappa shape index (κ3) is 3.01. The van der Waals surface area contributed by atoms with E-state index in [1.807, 2.05) is 29.2 Å². The molecule has 0 saturated carbocycles. The van der Waals surface area contributed by atoms with Crippen molar-refractivity contribution in [1.82, 2.24) is 19.5 Å². The Bertz CT molecular complexity index is 1480. The van der Waals surface area contributed by atoms with Crippen molar-refractivity contribution in [2.24, 2.45) is 0 Å². The van der Waals surface area contributed by atoms with Crippen molar-refractivity contribution in [2.45, 2.75) is 43.6 Å². The minimum Gasteiger partial charge on any atom is -0.444 e. The van der Waals surface area contributed by atoms with E-state index in [1.165, 1.54) is 11.8 Å². The van der Waals surface area contributed by atoms with Crippen LogP contribution in [0.2, 0.25) is 0 Å². The van der Waals surface area contributed by atoms with Crippen molar-refractivity contribution in [2.75, 3.05) is 18.0 Å². The summed E-state index contributed by atoms with van der Waals surface area (Å²) in [5.74, 6) is 1.41. The van der Waals surface area contributed by atoms with Crippen molar-refractivity contribution >= 4 is 17.2 Å². The molecular weight excluding hydrogens is 456 g/mol. The molecule has 7 rings (SSSR count). The Morgan fingerprint density at radius 1 is 1.08 bits per heavy atom. The van der Waals surface area contributed by atoms with Gasteiger partial charge in [-0.05, 0) is 30.5 Å². The van der Waals surface area contributed by atoms with Crippen LogP contribution in [0.25, 0.3) is 17.0 Å². The van der Waals surface area contributed by atoms with Crippen LogP contribution < -0.4 is 4.90 Å². The fourth-order valence-electron chi connectivity index (χ4n) is 6.08. The molecule has 3 aliphatic heterocycles. The van der Waals surface area contributed by atoms with Crippen molar-refractivity contribution in [3.8, 4) is 17.5 Å². The summed E-state index contributed by atoms with van der Waals surface area (Å²) in [4.78, 5) is 22.2. The van der Waals surface area contributed by atoms with E-state index in [-0.39, 0.29) is 18.2 Å². The molecule has 1 aromatic carbocycles. The Morgan fingerprint density at radius 2 is 1.92 bits per heavy atom. The Hall–Kier alpha value is -4.16. The van der Waals surface area contributed by atoms with E-state index in [4.69, 9.17) is 9.15 Å². The molecule has 0 N–H and O–H groups in total. The normalized spacial score (nSPS) is 22.9. The van der Waals surface area contributed by atoms with E-state index in [0.717, 1.165) is 18.7 Å². The van der Waals surface area contributed by atoms with Gasteiger partial charge in [-0.2, -0.15) is 10.4 Å². The quantitative estimate of drug-likeness (QED) is 0.438. The summed E-state index contributed by atoms with van der Waals surface area (Å²) in [6.07, 6.45) is 7.62. The van der Waals surface area contributed by atoms with Crippen LogP contribution in [-0.4, -0.2) is 50.3 Å². The minimum atomic E-state index is -0.770. The van der Waals surface area contributed by atoms with Gasteiger partial charge in [-0.3, -0.25) is 4.79 Å². The van der Waals surface area contributed by atoms with Gasteiger partial charge in [-0.1, -0.05) is 30.3 Å². The van der Waals surface area contributed by atoms with Gasteiger partial charge >= 0.3 is 0 Å². The number of carbonyl (C=O) groups excluding carboxylic acids is 1. The van der Waals surface area contributed by atoms with Crippen LogP contribution in [0.15, 0.2) is 65.5 Å². The van der Waals surface area contributed by atoms with E-state index >= 15 is 0 Å². The van der Waals surface area contributed by atoms with Gasteiger partial charge in [0.15, 0.2) is 5.60 Å². The molecule has 0 bridgehead atoms. The molecule has 1 spiro atoms. The van der Waals surface area contributed by atoms with Crippen LogP contribution in [0.5, 0.6) is 0 Å². The lowest BCUT2D eigenvalue weighted by Gasteiger charge is -2.38. The van der Waals surface area contributed by atoms with Crippen LogP contribution in [0.1, 0.15) is 42.9 Å². The Labute approximate surface area is 207 Å². The second-order valence-electron chi connectivity index (χ2n) is 9.64. The average molecular weight is 481 g/mol. The number of hydrogen-bond donors (Lipinski definition) is 0. The molecule has 180 valence electrons. The fourth-order valence-corrected chi connectivity index (χ4v) is 6.08. The van der Waals surface area contributed by atoms with E-state index in [2.05, 4.69) is 33.2 Å². The van der Waals surface area contributed by atoms with E-state index < -0.39 is 5.60 Å². The first-order chi connectivity index (χ1) is 17.7. The molecule has 4 aromatic rings. The summed E-state index contributed by atoms with van der Waals surface area (Å²) in [5.41, 5.74) is 2.24. The number of ether oxygens (including phenoxy) is 1. The molecule has 3 fully saturated rings. The van der Waals surface area contributed by atoms with Gasteiger partial charge in [-0.15, -0.1) is 0 Å². The maximum atomic E-state index is 13.7. The maximum Gasteiger partial charge on any atom is 0.257 e. The Kier molecular flexibility index (Phi) is 4.66. The highest BCUT2D eigenvalue weighted by Gasteiger charge is 2.58. The molecule has 9 heteroatoms. The molecule has 1 amide bonds. The smallest absolute Gasteiger partial charge is 0.257 e. The van der Waals surface area contributed by atoms with Gasteiger partial charge in [0.1, 0.15) is 24.4 Å². The number of carbonyl (C=O) groups is 1. The number of anilines is 1. The molecule has 3 aliphatic rings. The van der Waals surface area contributed by atoms with Gasteiger partial charge in [0, 0.05) is 25.9 Å². The number of pyridine rings is 1. The summed E-state index contributed by atoms with van der Waals surface area (Å²) in [7, 11) is 0. The topological polar surface area (TPSA) is 99.9 Å². The first-order valence-corrected chi connectivity index (χ1v) is 12.3. The molecule has 0 unspecified atom stereocenters. The highest BCUT2D eigenvalue weighted by atomic mass is 16.6. The zero-order valence-corrected chi connectivity index (χ0v) is 19.6. The monoisotopic (exact) mass is 480 g/mol. The standard InChI is InChI=1S/C27H24N6O3/c28-16-19-6-8-22(33-24(19)20(17-30-33)25-29-12-15-35-25)31-13-10-27(11-14-31)26(34)32-21(7-9-23(32)36-27)18-4-2-1-3-5-18/h1-6,8,12,15,17,21,23H,7,9-11,13-14H2/t21-,23+/m0/s1. The number of benzene rings is 1. The van der Waals surface area contributed by atoms with Crippen LogP contribution in [0.3, 0.4) is 0 Å². The molecular formula is C27H24N6O3. The van der Waals surface area contributed by atoms with E-state index in [9.17, 15) is 10.1 Å². The molecule has 0 aliphatic carbocycles. The molecule has 9 nitrogen and oxygen atoms in total. The molecule has 0 radical (unpaired) electrons. The van der Waals surface area contributed by atoms with E-state index in [0.29, 0.717) is 48.5 Å². The number of oxazole rings is 1. The first-order valence-electron chi connectivity index (χ1n) is 12.3. The SMILES string of the molecule is N#Cc1ccc(N2CCC3(CC2)O[C@@H]2CC[C@@H](c4ccccc4)N2C3=O)n2ncc(-c3ncco3)c12. The predicted molar refractivity (Wildman–Crippen MR) is 130 cm³/mol. The van der Waals surface area contributed by atoms with Gasteiger partial charge in [0.25, 0.3) is 5.91 Å². The fraction of sp³-hybridized carbons (Fsp3) is 0.333. The number of hydrogen-bond acceptors (Lipinski definition) is 7. The van der Waals surface area contributed by atoms with Gasteiger partial charge < -0.3 is 19.0 Å². The van der Waals surface area contributed by atoms with Crippen molar-refractivity contribution in [1.29, 1.82) is 5.26 Å². The van der Waals surface area contributed by atoms with Crippen LogP contribution in [0, 0.1) is 11.3 Å². The lowest BCUT2D eigenvalue weighted by molar-refractivity contribution is -0.140. The molecule has 6 heterocycles. The second-order valence-corrected chi connectivity index (χ2v) is 9.64. The molecule has 3 saturated heterocycles. The number of fused-ring (bicyclic) bond motifs is 2. The third-order valence-corrected chi connectivity index (χ3v) is 7.82. The average Bonchev–Trinajstić information content (AvgIpc) is 3.71. The number of aromatic nitrogens is 3. The van der Waals surface area contributed by atoms with Crippen molar-refractivity contribution in [3.63, 3.8) is 0 Å². The molecule has 2 atom stereocenters. The highest BCUT2D eigenvalue weighted by Crippen LogP contribution is 2.48. The number of nitrogens with zero attached hydrogens (tertiary/aromatic N) is 6. The van der Waals surface area contributed by atoms with Crippen molar-refractivity contribution in [3.05, 3.63) is 72.2 Å². The summed E-state index contributed by atoms with van der Waals surface area (Å²) in [5, 5.41) is 14.3. The number of amides is 1. The van der Waals surface area contributed by atoms with Gasteiger partial charge in [0.2, 0.25) is 5.89 Å². The van der Waals surface area contributed by atoms with Crippen molar-refractivity contribution < 1.29 is 13.9 Å². The number of nitriles is 1. The van der Waals surface area contributed by atoms with Crippen LogP contribution in [0.4, 0.5) is 5.82 Å². The molecule has 36 heavy (non-hydrogen) atoms. The Balaban J connectivity index is 1.16. The maximum absolute atomic E-state index is 13.7. The van der Waals surface area contributed by atoms with Gasteiger partial charge in [0.05, 0.1) is 35.1 Å². The summed E-state index contributed by atoms with van der Waals surface area (Å²) in [6, 6.07) is 16.3. The lowest BCUT2D eigenvalue weighted by Crippen LogP contribution is -2.50. The minimum absolute atomic E-state index is 0.0805. The zero-order chi connectivity index (χ0) is 24.3.